The predicted octanol–water partition coefficient (Wildman–Crippen LogP) is 1.04. The Hall–Kier alpha value is -1.29. The minimum atomic E-state index is -0.431. The van der Waals surface area contributed by atoms with Gasteiger partial charge in [0.15, 0.2) is 0 Å². The topological polar surface area (TPSA) is 79.1 Å². The molecule has 0 amide bonds. The summed E-state index contributed by atoms with van der Waals surface area (Å²) in [6, 6.07) is 1.08. The van der Waals surface area contributed by atoms with Crippen LogP contribution in [0.3, 0.4) is 0 Å². The molecule has 0 bridgehead atoms. The zero-order valence-electron chi connectivity index (χ0n) is 8.66. The van der Waals surface area contributed by atoms with Crippen molar-refractivity contribution in [3.63, 3.8) is 0 Å². The van der Waals surface area contributed by atoms with E-state index in [-0.39, 0.29) is 22.8 Å². The van der Waals surface area contributed by atoms with Crippen molar-refractivity contribution in [2.24, 2.45) is 11.7 Å². The van der Waals surface area contributed by atoms with Crippen LogP contribution >= 0.6 is 0 Å². The first-order valence-electron chi connectivity index (χ1n) is 4.62. The molecule has 1 aromatic rings. The Morgan fingerprint density at radius 2 is 2.07 bits per heavy atom. The third-order valence-electron chi connectivity index (χ3n) is 2.24. The Kier molecular flexibility index (Phi) is 2.96. The smallest absolute Gasteiger partial charge is 0.256 e. The van der Waals surface area contributed by atoms with E-state index in [1.807, 2.05) is 13.8 Å². The standard InChI is InChI=1S/C10H16N2O2/c1-5(2)9(11)8-7(13)4-6(3)12-10(8)14/h4-5,9H,11H2,1-3H3,(H2,12,13,14)/t9-/m1/s1. The number of hydrogen-bond acceptors (Lipinski definition) is 3. The molecule has 0 fully saturated rings. The summed E-state index contributed by atoms with van der Waals surface area (Å²) in [4.78, 5) is 14.1. The van der Waals surface area contributed by atoms with E-state index in [0.29, 0.717) is 5.69 Å². The highest BCUT2D eigenvalue weighted by molar-refractivity contribution is 5.34. The molecule has 0 spiro atoms. The van der Waals surface area contributed by atoms with E-state index in [2.05, 4.69) is 4.98 Å². The minimum Gasteiger partial charge on any atom is -0.507 e. The van der Waals surface area contributed by atoms with Crippen molar-refractivity contribution >= 4 is 0 Å². The number of rotatable bonds is 2. The quantitative estimate of drug-likeness (QED) is 0.661. The average molecular weight is 196 g/mol. The molecule has 0 saturated carbocycles. The van der Waals surface area contributed by atoms with Crippen molar-refractivity contribution in [3.05, 3.63) is 27.7 Å². The third kappa shape index (κ3) is 1.96. The summed E-state index contributed by atoms with van der Waals surface area (Å²) in [6.45, 7) is 5.53. The number of nitrogens with two attached hydrogens (primary N) is 1. The van der Waals surface area contributed by atoms with Gasteiger partial charge in [-0.1, -0.05) is 13.8 Å². The van der Waals surface area contributed by atoms with Crippen LogP contribution in [-0.4, -0.2) is 10.1 Å². The molecule has 0 radical (unpaired) electrons. The van der Waals surface area contributed by atoms with Gasteiger partial charge in [-0.05, 0) is 18.9 Å². The second kappa shape index (κ2) is 3.84. The summed E-state index contributed by atoms with van der Waals surface area (Å²) in [5.41, 5.74) is 6.41. The lowest BCUT2D eigenvalue weighted by molar-refractivity contribution is 0.435. The van der Waals surface area contributed by atoms with Crippen LogP contribution in [0.1, 0.15) is 31.1 Å². The number of pyridine rings is 1. The molecule has 1 atom stereocenters. The minimum absolute atomic E-state index is 0.0209. The van der Waals surface area contributed by atoms with Gasteiger partial charge in [0.2, 0.25) is 0 Å². The van der Waals surface area contributed by atoms with Crippen LogP contribution in [0.2, 0.25) is 0 Å². The highest BCUT2D eigenvalue weighted by Gasteiger charge is 2.18. The van der Waals surface area contributed by atoms with Crippen LogP contribution in [0.4, 0.5) is 0 Å². The van der Waals surface area contributed by atoms with Crippen molar-refractivity contribution < 1.29 is 5.11 Å². The van der Waals surface area contributed by atoms with Crippen LogP contribution in [0.25, 0.3) is 0 Å². The van der Waals surface area contributed by atoms with Gasteiger partial charge in [-0.25, -0.2) is 0 Å². The molecule has 1 heterocycles. The Morgan fingerprint density at radius 1 is 1.50 bits per heavy atom. The first-order valence-corrected chi connectivity index (χ1v) is 4.62. The average Bonchev–Trinajstić information content (AvgIpc) is 2.01. The summed E-state index contributed by atoms with van der Waals surface area (Å²) in [5.74, 6) is 0.0946. The van der Waals surface area contributed by atoms with Gasteiger partial charge in [-0.2, -0.15) is 0 Å². The van der Waals surface area contributed by atoms with Crippen molar-refractivity contribution in [3.8, 4) is 5.75 Å². The number of aromatic nitrogens is 1. The van der Waals surface area contributed by atoms with Gasteiger partial charge < -0.3 is 15.8 Å². The second-order valence-electron chi connectivity index (χ2n) is 3.85. The summed E-state index contributed by atoms with van der Waals surface area (Å²) in [7, 11) is 0. The van der Waals surface area contributed by atoms with E-state index in [0.717, 1.165) is 0 Å². The van der Waals surface area contributed by atoms with E-state index >= 15 is 0 Å². The van der Waals surface area contributed by atoms with Crippen LogP contribution in [0.15, 0.2) is 10.9 Å². The van der Waals surface area contributed by atoms with E-state index in [9.17, 15) is 9.90 Å². The van der Waals surface area contributed by atoms with Crippen LogP contribution < -0.4 is 11.3 Å². The number of nitrogens with one attached hydrogen (secondary N) is 1. The molecular weight excluding hydrogens is 180 g/mol. The highest BCUT2D eigenvalue weighted by atomic mass is 16.3. The Bertz CT molecular complexity index is 382. The molecule has 4 heteroatoms. The van der Waals surface area contributed by atoms with Gasteiger partial charge in [-0.15, -0.1) is 0 Å². The molecular formula is C10H16N2O2. The Balaban J connectivity index is 3.28. The van der Waals surface area contributed by atoms with Crippen LogP contribution in [0.5, 0.6) is 5.75 Å². The summed E-state index contributed by atoms with van der Waals surface area (Å²) < 4.78 is 0. The predicted molar refractivity (Wildman–Crippen MR) is 55.2 cm³/mol. The molecule has 0 aromatic carbocycles. The maximum absolute atomic E-state index is 11.5. The number of H-pyrrole nitrogens is 1. The van der Waals surface area contributed by atoms with Gasteiger partial charge in [0.25, 0.3) is 5.56 Å². The fourth-order valence-corrected chi connectivity index (χ4v) is 1.34. The molecule has 4 nitrogen and oxygen atoms in total. The zero-order chi connectivity index (χ0) is 10.9. The maximum Gasteiger partial charge on any atom is 0.256 e. The van der Waals surface area contributed by atoms with Crippen LogP contribution in [-0.2, 0) is 0 Å². The van der Waals surface area contributed by atoms with Crippen molar-refractivity contribution in [1.82, 2.24) is 4.98 Å². The first-order chi connectivity index (χ1) is 6.43. The van der Waals surface area contributed by atoms with Gasteiger partial charge in [0, 0.05) is 11.7 Å². The molecule has 0 saturated heterocycles. The fourth-order valence-electron chi connectivity index (χ4n) is 1.34. The number of aromatic amines is 1. The van der Waals surface area contributed by atoms with E-state index in [4.69, 9.17) is 5.73 Å². The number of aryl methyl sites for hydroxylation is 1. The lowest BCUT2D eigenvalue weighted by Gasteiger charge is -2.16. The largest absolute Gasteiger partial charge is 0.507 e. The van der Waals surface area contributed by atoms with Crippen molar-refractivity contribution in [1.29, 1.82) is 0 Å². The molecule has 0 aliphatic heterocycles. The van der Waals surface area contributed by atoms with Gasteiger partial charge in [-0.3, -0.25) is 4.79 Å². The first kappa shape index (κ1) is 10.8. The summed E-state index contributed by atoms with van der Waals surface area (Å²) in [5, 5.41) is 9.59. The molecule has 4 N–H and O–H groups in total. The van der Waals surface area contributed by atoms with Gasteiger partial charge in [0.05, 0.1) is 5.56 Å². The lowest BCUT2D eigenvalue weighted by Crippen LogP contribution is -2.26. The van der Waals surface area contributed by atoms with Crippen molar-refractivity contribution in [2.45, 2.75) is 26.8 Å². The lowest BCUT2D eigenvalue weighted by atomic mass is 9.97. The Morgan fingerprint density at radius 3 is 2.50 bits per heavy atom. The molecule has 78 valence electrons. The number of hydrogen-bond donors (Lipinski definition) is 3. The molecule has 1 rings (SSSR count). The summed E-state index contributed by atoms with van der Waals surface area (Å²) in [6.07, 6.45) is 0. The molecule has 0 unspecified atom stereocenters. The SMILES string of the molecule is Cc1cc(O)c([C@H](N)C(C)C)c(=O)[nH]1. The maximum atomic E-state index is 11.5. The monoisotopic (exact) mass is 196 g/mol. The van der Waals surface area contributed by atoms with E-state index in [1.54, 1.807) is 6.92 Å². The molecule has 0 aliphatic carbocycles. The van der Waals surface area contributed by atoms with Gasteiger partial charge in [0.1, 0.15) is 5.75 Å². The van der Waals surface area contributed by atoms with Crippen molar-refractivity contribution in [2.75, 3.05) is 0 Å². The zero-order valence-corrected chi connectivity index (χ0v) is 8.66. The molecule has 1 aromatic heterocycles. The fraction of sp³-hybridized carbons (Fsp3) is 0.500. The highest BCUT2D eigenvalue weighted by Crippen LogP contribution is 2.23. The molecule has 0 aliphatic rings. The van der Waals surface area contributed by atoms with E-state index < -0.39 is 6.04 Å². The third-order valence-corrected chi connectivity index (χ3v) is 2.24. The summed E-state index contributed by atoms with van der Waals surface area (Å²) >= 11 is 0. The van der Waals surface area contributed by atoms with Gasteiger partial charge >= 0.3 is 0 Å². The Labute approximate surface area is 82.8 Å². The second-order valence-corrected chi connectivity index (χ2v) is 3.85. The van der Waals surface area contributed by atoms with Crippen LogP contribution in [0, 0.1) is 12.8 Å². The molecule has 14 heavy (non-hydrogen) atoms. The normalized spacial score (nSPS) is 13.2. The van der Waals surface area contributed by atoms with E-state index in [1.165, 1.54) is 6.07 Å². The number of aromatic hydroxyl groups is 1.